The fraction of sp³-hybridized carbons (Fsp3) is 0. The third-order valence-electron chi connectivity index (χ3n) is 1.76. The summed E-state index contributed by atoms with van der Waals surface area (Å²) < 4.78 is 12.9. The number of rotatable bonds is 0. The van der Waals surface area contributed by atoms with E-state index in [9.17, 15) is 9.18 Å². The quantitative estimate of drug-likeness (QED) is 0.691. The smallest absolute Gasteiger partial charge is 0.248 e. The molecule has 0 radical (unpaired) electrons. The summed E-state index contributed by atoms with van der Waals surface area (Å²) in [4.78, 5) is 13.4. The predicted octanol–water partition coefficient (Wildman–Crippen LogP) is 2.32. The first-order valence-corrected chi connectivity index (χ1v) is 4.03. The molecule has 4 heteroatoms. The van der Waals surface area contributed by atoms with Crippen LogP contribution in [0, 0.1) is 5.82 Å². The molecule has 13 heavy (non-hydrogen) atoms. The average molecular weight is 198 g/mol. The van der Waals surface area contributed by atoms with Crippen molar-refractivity contribution in [1.82, 2.24) is 4.98 Å². The Balaban J connectivity index is 2.89. The number of halogens is 2. The summed E-state index contributed by atoms with van der Waals surface area (Å²) in [7, 11) is 0. The second-order valence-electron chi connectivity index (χ2n) is 2.68. The van der Waals surface area contributed by atoms with Crippen LogP contribution in [0.4, 0.5) is 4.39 Å². The predicted molar refractivity (Wildman–Crippen MR) is 49.5 cm³/mol. The maximum absolute atomic E-state index is 12.9. The highest BCUT2D eigenvalue weighted by molar-refractivity contribution is 6.31. The summed E-state index contributed by atoms with van der Waals surface area (Å²) in [6.07, 6.45) is 0. The number of hydrogen-bond donors (Lipinski definition) is 1. The van der Waals surface area contributed by atoms with E-state index in [4.69, 9.17) is 11.6 Å². The number of fused-ring (bicyclic) bond motifs is 1. The summed E-state index contributed by atoms with van der Waals surface area (Å²) in [5, 5.41) is 0.635. The lowest BCUT2D eigenvalue weighted by atomic mass is 10.2. The molecule has 0 aliphatic heterocycles. The van der Waals surface area contributed by atoms with Crippen molar-refractivity contribution >= 4 is 22.5 Å². The van der Waals surface area contributed by atoms with E-state index in [1.165, 1.54) is 18.2 Å². The van der Waals surface area contributed by atoms with E-state index in [0.29, 0.717) is 10.9 Å². The van der Waals surface area contributed by atoms with E-state index >= 15 is 0 Å². The topological polar surface area (TPSA) is 32.9 Å². The number of nitrogens with one attached hydrogen (secondary N) is 1. The highest BCUT2D eigenvalue weighted by atomic mass is 35.5. The molecule has 1 heterocycles. The van der Waals surface area contributed by atoms with Gasteiger partial charge < -0.3 is 4.98 Å². The number of hydrogen-bond acceptors (Lipinski definition) is 1. The van der Waals surface area contributed by atoms with Crippen LogP contribution in [0.25, 0.3) is 10.9 Å². The van der Waals surface area contributed by atoms with Gasteiger partial charge in [0.1, 0.15) is 5.82 Å². The van der Waals surface area contributed by atoms with E-state index in [-0.39, 0.29) is 10.6 Å². The molecule has 2 rings (SSSR count). The molecule has 0 atom stereocenters. The van der Waals surface area contributed by atoms with Crippen molar-refractivity contribution in [2.45, 2.75) is 0 Å². The van der Waals surface area contributed by atoms with E-state index in [2.05, 4.69) is 4.98 Å². The van der Waals surface area contributed by atoms with Crippen molar-refractivity contribution in [2.75, 3.05) is 0 Å². The number of H-pyrrole nitrogens is 1. The Labute approximate surface area is 78.0 Å². The second kappa shape index (κ2) is 2.85. The molecule has 0 saturated heterocycles. The number of pyridine rings is 1. The lowest BCUT2D eigenvalue weighted by molar-refractivity contribution is 0.630. The molecular weight excluding hydrogens is 193 g/mol. The van der Waals surface area contributed by atoms with Gasteiger partial charge in [-0.3, -0.25) is 4.79 Å². The molecule has 0 aliphatic rings. The molecule has 0 fully saturated rings. The first-order valence-electron chi connectivity index (χ1n) is 3.65. The highest BCUT2D eigenvalue weighted by Gasteiger charge is 2.01. The highest BCUT2D eigenvalue weighted by Crippen LogP contribution is 2.19. The van der Waals surface area contributed by atoms with Crippen LogP contribution in [-0.2, 0) is 0 Å². The molecule has 0 aliphatic carbocycles. The zero-order valence-corrected chi connectivity index (χ0v) is 7.23. The zero-order valence-electron chi connectivity index (χ0n) is 6.47. The van der Waals surface area contributed by atoms with Gasteiger partial charge in [0.2, 0.25) is 5.56 Å². The Hall–Kier alpha value is -1.35. The number of benzene rings is 1. The molecule has 1 N–H and O–H groups in total. The van der Waals surface area contributed by atoms with Gasteiger partial charge in [-0.1, -0.05) is 11.6 Å². The van der Waals surface area contributed by atoms with Crippen molar-refractivity contribution in [3.63, 3.8) is 0 Å². The molecule has 0 unspecified atom stereocenters. The van der Waals surface area contributed by atoms with Gasteiger partial charge in [-0.25, -0.2) is 4.39 Å². The first-order chi connectivity index (χ1) is 6.16. The Morgan fingerprint density at radius 3 is 2.85 bits per heavy atom. The van der Waals surface area contributed by atoms with E-state index < -0.39 is 5.82 Å². The van der Waals surface area contributed by atoms with Gasteiger partial charge in [-0.2, -0.15) is 0 Å². The van der Waals surface area contributed by atoms with Crippen LogP contribution in [0.3, 0.4) is 0 Å². The molecule has 2 nitrogen and oxygen atoms in total. The normalized spacial score (nSPS) is 10.6. The summed E-state index contributed by atoms with van der Waals surface area (Å²) >= 11 is 5.54. The maximum Gasteiger partial charge on any atom is 0.248 e. The van der Waals surface area contributed by atoms with Crippen molar-refractivity contribution in [3.8, 4) is 0 Å². The van der Waals surface area contributed by atoms with Crippen molar-refractivity contribution in [2.24, 2.45) is 0 Å². The van der Waals surface area contributed by atoms with E-state index in [1.54, 1.807) is 6.07 Å². The summed E-state index contributed by atoms with van der Waals surface area (Å²) in [5.41, 5.74) is 0.314. The van der Waals surface area contributed by atoms with Crippen molar-refractivity contribution < 1.29 is 4.39 Å². The second-order valence-corrected chi connectivity index (χ2v) is 3.08. The molecule has 0 amide bonds. The van der Waals surface area contributed by atoms with Gasteiger partial charge in [0.15, 0.2) is 0 Å². The lowest BCUT2D eigenvalue weighted by Crippen LogP contribution is -2.02. The van der Waals surface area contributed by atoms with Gasteiger partial charge in [-0.15, -0.1) is 0 Å². The van der Waals surface area contributed by atoms with Crippen LogP contribution in [0.1, 0.15) is 0 Å². The van der Waals surface area contributed by atoms with Crippen molar-refractivity contribution in [3.05, 3.63) is 45.5 Å². The third-order valence-corrected chi connectivity index (χ3v) is 2.05. The molecule has 1 aromatic carbocycles. The van der Waals surface area contributed by atoms with Crippen LogP contribution in [-0.4, -0.2) is 4.98 Å². The van der Waals surface area contributed by atoms with Gasteiger partial charge in [0.05, 0.1) is 5.02 Å². The van der Waals surface area contributed by atoms with Gasteiger partial charge in [0.25, 0.3) is 0 Å². The van der Waals surface area contributed by atoms with E-state index in [0.717, 1.165) is 0 Å². The van der Waals surface area contributed by atoms with Gasteiger partial charge in [0, 0.05) is 17.0 Å². The summed E-state index contributed by atoms with van der Waals surface area (Å²) in [6.45, 7) is 0. The summed E-state index contributed by atoms with van der Waals surface area (Å²) in [6, 6.07) is 5.57. The average Bonchev–Trinajstić information content (AvgIpc) is 2.08. The largest absolute Gasteiger partial charge is 0.322 e. The minimum absolute atomic E-state index is 0.00866. The standard InChI is InChI=1S/C9H5ClFNO/c10-6-4-8-5(3-7(6)11)1-2-9(13)12-8/h1-4H,(H,12,13). The molecule has 2 aromatic rings. The summed E-state index contributed by atoms with van der Waals surface area (Å²) in [5.74, 6) is -0.485. The SMILES string of the molecule is O=c1ccc2cc(F)c(Cl)cc2[nH]1. The maximum atomic E-state index is 12.9. The Morgan fingerprint density at radius 1 is 1.31 bits per heavy atom. The number of aromatic nitrogens is 1. The zero-order chi connectivity index (χ0) is 9.42. The minimum Gasteiger partial charge on any atom is -0.322 e. The van der Waals surface area contributed by atoms with Crippen LogP contribution in [0.2, 0.25) is 5.02 Å². The Kier molecular flexibility index (Phi) is 1.81. The molecule has 1 aromatic heterocycles. The van der Waals surface area contributed by atoms with Gasteiger partial charge >= 0.3 is 0 Å². The molecule has 0 saturated carbocycles. The first kappa shape index (κ1) is 8.26. The molecular formula is C9H5ClFNO. The van der Waals surface area contributed by atoms with Crippen molar-refractivity contribution in [1.29, 1.82) is 0 Å². The Bertz CT molecular complexity index is 520. The minimum atomic E-state index is -0.485. The fourth-order valence-corrected chi connectivity index (χ4v) is 1.31. The monoisotopic (exact) mass is 197 g/mol. The lowest BCUT2D eigenvalue weighted by Gasteiger charge is -1.98. The molecule has 0 bridgehead atoms. The van der Waals surface area contributed by atoms with Crippen LogP contribution in [0.5, 0.6) is 0 Å². The van der Waals surface area contributed by atoms with E-state index in [1.807, 2.05) is 0 Å². The van der Waals surface area contributed by atoms with Crippen LogP contribution < -0.4 is 5.56 Å². The molecule has 66 valence electrons. The van der Waals surface area contributed by atoms with Gasteiger partial charge in [-0.05, 0) is 18.2 Å². The third kappa shape index (κ3) is 1.42. The molecule has 0 spiro atoms. The fourth-order valence-electron chi connectivity index (χ4n) is 1.15. The Morgan fingerprint density at radius 2 is 2.08 bits per heavy atom. The number of aromatic amines is 1. The van der Waals surface area contributed by atoms with Crippen LogP contribution >= 0.6 is 11.6 Å². The van der Waals surface area contributed by atoms with Crippen LogP contribution in [0.15, 0.2) is 29.1 Å².